The first-order chi connectivity index (χ1) is 8.08. The minimum absolute atomic E-state index is 0.219. The maximum atomic E-state index is 5.96. The summed E-state index contributed by atoms with van der Waals surface area (Å²) in [5, 5.41) is 0. The van der Waals surface area contributed by atoms with E-state index < -0.39 is 0 Å². The van der Waals surface area contributed by atoms with Gasteiger partial charge in [0.15, 0.2) is 0 Å². The van der Waals surface area contributed by atoms with E-state index in [9.17, 15) is 0 Å². The van der Waals surface area contributed by atoms with Gasteiger partial charge in [0.05, 0.1) is 15.6 Å². The summed E-state index contributed by atoms with van der Waals surface area (Å²) in [5.41, 5.74) is 7.19. The Hall–Kier alpha value is -0.0600. The summed E-state index contributed by atoms with van der Waals surface area (Å²) in [4.78, 5) is 0. The third-order valence-electron chi connectivity index (χ3n) is 2.53. The monoisotopic (exact) mass is 363 g/mol. The molecule has 1 aromatic carbocycles. The lowest BCUT2D eigenvalue weighted by atomic mass is 10.0. The molecule has 1 rings (SSSR count). The van der Waals surface area contributed by atoms with Gasteiger partial charge in [0, 0.05) is 6.04 Å². The summed E-state index contributed by atoms with van der Waals surface area (Å²) in [5.74, 6) is 0.876. The minimum Gasteiger partial charge on any atom is -0.491 e. The van der Waals surface area contributed by atoms with Crippen LogP contribution in [0.2, 0.25) is 0 Å². The van der Waals surface area contributed by atoms with Gasteiger partial charge in [-0.2, -0.15) is 0 Å². The second-order valence-electron chi connectivity index (χ2n) is 4.11. The highest BCUT2D eigenvalue weighted by Crippen LogP contribution is 2.35. The lowest BCUT2D eigenvalue weighted by molar-refractivity contribution is 0.313. The molecule has 0 aliphatic carbocycles. The van der Waals surface area contributed by atoms with E-state index in [1.165, 1.54) is 5.56 Å². The van der Waals surface area contributed by atoms with Gasteiger partial charge in [-0.1, -0.05) is 13.8 Å². The average Bonchev–Trinajstić information content (AvgIpc) is 2.28. The third kappa shape index (κ3) is 4.60. The van der Waals surface area contributed by atoms with Crippen LogP contribution in [0, 0.1) is 0 Å². The van der Waals surface area contributed by atoms with Crippen molar-refractivity contribution in [3.05, 3.63) is 26.6 Å². The molecule has 0 saturated carbocycles. The first-order valence-corrected chi connectivity index (χ1v) is 7.53. The van der Waals surface area contributed by atoms with Crippen molar-refractivity contribution in [3.63, 3.8) is 0 Å². The molecule has 1 unspecified atom stereocenters. The van der Waals surface area contributed by atoms with Gasteiger partial charge in [-0.3, -0.25) is 0 Å². The molecule has 1 aromatic rings. The van der Waals surface area contributed by atoms with E-state index in [2.05, 4.69) is 57.8 Å². The lowest BCUT2D eigenvalue weighted by Crippen LogP contribution is -2.21. The van der Waals surface area contributed by atoms with Crippen LogP contribution in [0.15, 0.2) is 21.1 Å². The molecule has 0 heterocycles. The summed E-state index contributed by atoms with van der Waals surface area (Å²) < 4.78 is 7.65. The average molecular weight is 365 g/mol. The molecule has 0 amide bonds. The van der Waals surface area contributed by atoms with Crippen molar-refractivity contribution in [1.29, 1.82) is 0 Å². The van der Waals surface area contributed by atoms with Crippen LogP contribution in [0.4, 0.5) is 0 Å². The Morgan fingerprint density at radius 2 is 1.82 bits per heavy atom. The highest BCUT2D eigenvalue weighted by Gasteiger charge is 2.10. The highest BCUT2D eigenvalue weighted by atomic mass is 79.9. The number of hydrogen-bond donors (Lipinski definition) is 1. The molecule has 96 valence electrons. The van der Waals surface area contributed by atoms with Crippen molar-refractivity contribution in [2.24, 2.45) is 5.73 Å². The molecule has 17 heavy (non-hydrogen) atoms. The number of ether oxygens (including phenoxy) is 1. The van der Waals surface area contributed by atoms with Gasteiger partial charge in [-0.25, -0.2) is 0 Å². The molecule has 0 aliphatic heterocycles. The Morgan fingerprint density at radius 1 is 1.24 bits per heavy atom. The zero-order chi connectivity index (χ0) is 12.8. The van der Waals surface area contributed by atoms with E-state index in [0.29, 0.717) is 0 Å². The number of rotatable bonds is 6. The van der Waals surface area contributed by atoms with E-state index in [4.69, 9.17) is 10.5 Å². The van der Waals surface area contributed by atoms with Gasteiger partial charge < -0.3 is 10.5 Å². The van der Waals surface area contributed by atoms with Crippen molar-refractivity contribution in [3.8, 4) is 5.75 Å². The topological polar surface area (TPSA) is 35.2 Å². The molecule has 0 radical (unpaired) electrons. The maximum Gasteiger partial charge on any atom is 0.147 e. The van der Waals surface area contributed by atoms with Crippen LogP contribution in [-0.4, -0.2) is 12.6 Å². The molecule has 0 aromatic heterocycles. The van der Waals surface area contributed by atoms with Gasteiger partial charge in [-0.15, -0.1) is 0 Å². The van der Waals surface area contributed by atoms with E-state index in [1.54, 1.807) is 0 Å². The summed E-state index contributed by atoms with van der Waals surface area (Å²) in [6.45, 7) is 4.93. The first kappa shape index (κ1) is 15.0. The van der Waals surface area contributed by atoms with Gasteiger partial charge in [0.25, 0.3) is 0 Å². The smallest absolute Gasteiger partial charge is 0.147 e. The summed E-state index contributed by atoms with van der Waals surface area (Å²) in [6, 6.07) is 4.40. The van der Waals surface area contributed by atoms with Gasteiger partial charge in [0.2, 0.25) is 0 Å². The van der Waals surface area contributed by atoms with Crippen molar-refractivity contribution < 1.29 is 4.74 Å². The normalized spacial score (nSPS) is 12.5. The molecule has 0 bridgehead atoms. The summed E-state index contributed by atoms with van der Waals surface area (Å²) in [7, 11) is 0. The molecular formula is C13H19Br2NO. The molecular weight excluding hydrogens is 346 g/mol. The van der Waals surface area contributed by atoms with Gasteiger partial charge >= 0.3 is 0 Å². The molecule has 4 heteroatoms. The molecule has 2 N–H and O–H groups in total. The molecule has 0 fully saturated rings. The molecule has 0 saturated heterocycles. The maximum absolute atomic E-state index is 5.96. The molecule has 0 aliphatic rings. The van der Waals surface area contributed by atoms with Crippen molar-refractivity contribution >= 4 is 31.9 Å². The van der Waals surface area contributed by atoms with Crippen LogP contribution in [0.3, 0.4) is 0 Å². The number of hydrogen-bond acceptors (Lipinski definition) is 2. The fourth-order valence-electron chi connectivity index (χ4n) is 1.52. The van der Waals surface area contributed by atoms with Crippen LogP contribution in [0.5, 0.6) is 5.75 Å². The van der Waals surface area contributed by atoms with E-state index in [1.807, 2.05) is 0 Å². The number of halogens is 2. The number of benzene rings is 1. The Bertz CT molecular complexity index is 345. The number of nitrogens with two attached hydrogens (primary N) is 1. The quantitative estimate of drug-likeness (QED) is 0.817. The summed E-state index contributed by atoms with van der Waals surface area (Å²) >= 11 is 7.09. The largest absolute Gasteiger partial charge is 0.491 e. The van der Waals surface area contributed by atoms with Crippen molar-refractivity contribution in [2.75, 3.05) is 6.61 Å². The predicted molar refractivity (Wildman–Crippen MR) is 79.6 cm³/mol. The highest BCUT2D eigenvalue weighted by molar-refractivity contribution is 9.11. The van der Waals surface area contributed by atoms with Crippen LogP contribution < -0.4 is 10.5 Å². The molecule has 1 atom stereocenters. The summed E-state index contributed by atoms with van der Waals surface area (Å²) in [6.07, 6.45) is 2.88. The third-order valence-corrected chi connectivity index (χ3v) is 3.71. The van der Waals surface area contributed by atoms with Crippen LogP contribution in [0.25, 0.3) is 0 Å². The van der Waals surface area contributed by atoms with Crippen molar-refractivity contribution in [2.45, 2.75) is 39.2 Å². The molecule has 2 nitrogen and oxygen atoms in total. The SMILES string of the molecule is CCCOc1c(Br)cc(CC(N)CC)cc1Br. The van der Waals surface area contributed by atoms with Gasteiger partial charge in [-0.05, 0) is 68.8 Å². The van der Waals surface area contributed by atoms with E-state index in [-0.39, 0.29) is 6.04 Å². The second-order valence-corrected chi connectivity index (χ2v) is 5.82. The predicted octanol–water partition coefficient (Wildman–Crippen LogP) is 4.28. The molecule has 0 spiro atoms. The van der Waals surface area contributed by atoms with Gasteiger partial charge in [0.1, 0.15) is 5.75 Å². The van der Waals surface area contributed by atoms with E-state index >= 15 is 0 Å². The standard InChI is InChI=1S/C13H19Br2NO/c1-3-5-17-13-11(14)7-9(8-12(13)15)6-10(16)4-2/h7-8,10H,3-6,16H2,1-2H3. The van der Waals surface area contributed by atoms with E-state index in [0.717, 1.165) is 40.6 Å². The van der Waals surface area contributed by atoms with Crippen LogP contribution in [-0.2, 0) is 6.42 Å². The zero-order valence-electron chi connectivity index (χ0n) is 10.3. The lowest BCUT2D eigenvalue weighted by Gasteiger charge is -2.13. The second kappa shape index (κ2) is 7.39. The first-order valence-electron chi connectivity index (χ1n) is 5.94. The van der Waals surface area contributed by atoms with Crippen LogP contribution >= 0.6 is 31.9 Å². The zero-order valence-corrected chi connectivity index (χ0v) is 13.5. The Balaban J connectivity index is 2.85. The Morgan fingerprint density at radius 3 is 2.29 bits per heavy atom. The van der Waals surface area contributed by atoms with Crippen LogP contribution in [0.1, 0.15) is 32.3 Å². The fourth-order valence-corrected chi connectivity index (χ4v) is 3.03. The minimum atomic E-state index is 0.219. The Labute approximate surface area is 120 Å². The van der Waals surface area contributed by atoms with Crippen molar-refractivity contribution in [1.82, 2.24) is 0 Å². The Kier molecular flexibility index (Phi) is 6.52. The fraction of sp³-hybridized carbons (Fsp3) is 0.538.